The van der Waals surface area contributed by atoms with Crippen LogP contribution in [0.3, 0.4) is 0 Å². The maximum Gasteiger partial charge on any atom is 0.260 e. The van der Waals surface area contributed by atoms with Crippen molar-refractivity contribution >= 4 is 55.0 Å². The number of fused-ring (bicyclic) bond motifs is 2. The number of benzene rings is 2. The highest BCUT2D eigenvalue weighted by molar-refractivity contribution is 7.89. The summed E-state index contributed by atoms with van der Waals surface area (Å²) in [6.45, 7) is 4.54. The molecule has 2 aliphatic rings. The maximum atomic E-state index is 13.7. The van der Waals surface area contributed by atoms with Crippen LogP contribution in [0.5, 0.6) is 11.5 Å². The van der Waals surface area contributed by atoms with Gasteiger partial charge in [-0.1, -0.05) is 17.8 Å². The van der Waals surface area contributed by atoms with E-state index >= 15 is 0 Å². The highest BCUT2D eigenvalue weighted by Crippen LogP contribution is 2.39. The Morgan fingerprint density at radius 2 is 1.76 bits per heavy atom. The summed E-state index contributed by atoms with van der Waals surface area (Å²) < 4.78 is 40.3. The van der Waals surface area contributed by atoms with Crippen molar-refractivity contribution in [3.63, 3.8) is 0 Å². The largest absolute Gasteiger partial charge is 0.486 e. The van der Waals surface area contributed by atoms with E-state index in [0.717, 1.165) is 29.5 Å². The molecule has 9 nitrogen and oxygen atoms in total. The normalized spacial score (nSPS) is 17.8. The van der Waals surface area contributed by atoms with Gasteiger partial charge in [-0.25, -0.2) is 13.4 Å². The molecule has 0 aliphatic carbocycles. The molecule has 0 radical (unpaired) electrons. The predicted octanol–water partition coefficient (Wildman–Crippen LogP) is 4.26. The molecule has 1 saturated heterocycles. The van der Waals surface area contributed by atoms with Gasteiger partial charge in [-0.3, -0.25) is 9.69 Å². The van der Waals surface area contributed by atoms with Crippen LogP contribution in [0.2, 0.25) is 0 Å². The quantitative estimate of drug-likeness (QED) is 0.412. The zero-order valence-corrected chi connectivity index (χ0v) is 24.2. The molecule has 206 valence electrons. The summed E-state index contributed by atoms with van der Waals surface area (Å²) in [6, 6.07) is 9.99. The Morgan fingerprint density at radius 1 is 1.08 bits per heavy atom. The second kappa shape index (κ2) is 11.7. The minimum atomic E-state index is -3.61. The van der Waals surface area contributed by atoms with Gasteiger partial charge in [0.05, 0.1) is 15.1 Å². The van der Waals surface area contributed by atoms with Crippen molar-refractivity contribution in [1.82, 2.24) is 14.2 Å². The Kier molecular flexibility index (Phi) is 8.83. The van der Waals surface area contributed by atoms with E-state index in [1.165, 1.54) is 23.5 Å². The smallest absolute Gasteiger partial charge is 0.260 e. The van der Waals surface area contributed by atoms with E-state index in [9.17, 15) is 13.2 Å². The molecule has 2 aliphatic heterocycles. The van der Waals surface area contributed by atoms with E-state index in [0.29, 0.717) is 55.0 Å². The second-order valence-electron chi connectivity index (χ2n) is 9.71. The van der Waals surface area contributed by atoms with Crippen molar-refractivity contribution < 1.29 is 22.7 Å². The number of sulfonamides is 1. The zero-order chi connectivity index (χ0) is 26.2. The molecule has 1 amide bonds. The third kappa shape index (κ3) is 5.76. The Morgan fingerprint density at radius 3 is 2.42 bits per heavy atom. The lowest BCUT2D eigenvalue weighted by atomic mass is 10.1. The topological polar surface area (TPSA) is 92.3 Å². The molecule has 1 fully saturated rings. The van der Waals surface area contributed by atoms with Gasteiger partial charge in [0.2, 0.25) is 10.0 Å². The number of rotatable bonds is 7. The molecule has 0 bridgehead atoms. The zero-order valence-electron chi connectivity index (χ0n) is 21.8. The Labute approximate surface area is 233 Å². The van der Waals surface area contributed by atoms with Crippen molar-refractivity contribution in [2.75, 3.05) is 51.8 Å². The SMILES string of the molecule is CC1CCCCN1S(=O)(=O)c1ccc(C(=O)N(CCN(C)C)c2nc3cc4c(cc3s2)OCCO4)cc1.Cl. The average molecular weight is 581 g/mol. The van der Waals surface area contributed by atoms with Crippen molar-refractivity contribution in [3.8, 4) is 11.5 Å². The summed E-state index contributed by atoms with van der Waals surface area (Å²) in [7, 11) is 0.293. The van der Waals surface area contributed by atoms with Gasteiger partial charge in [0.1, 0.15) is 13.2 Å². The number of piperidine rings is 1. The first-order valence-corrected chi connectivity index (χ1v) is 14.8. The van der Waals surface area contributed by atoms with Crippen molar-refractivity contribution in [1.29, 1.82) is 0 Å². The second-order valence-corrected chi connectivity index (χ2v) is 12.6. The fourth-order valence-electron chi connectivity index (χ4n) is 4.64. The number of likely N-dealkylation sites (N-methyl/N-ethyl adjacent to an activating group) is 1. The first-order chi connectivity index (χ1) is 17.7. The number of hydrogen-bond acceptors (Lipinski definition) is 8. The number of aromatic nitrogens is 1. The van der Waals surface area contributed by atoms with Gasteiger partial charge in [0.25, 0.3) is 5.91 Å². The molecule has 5 rings (SSSR count). The number of nitrogens with zero attached hydrogens (tertiary/aromatic N) is 4. The summed E-state index contributed by atoms with van der Waals surface area (Å²) in [5, 5.41) is 0.572. The minimum Gasteiger partial charge on any atom is -0.486 e. The average Bonchev–Trinajstić information content (AvgIpc) is 3.29. The lowest BCUT2D eigenvalue weighted by Gasteiger charge is -2.32. The Bertz CT molecular complexity index is 1350. The van der Waals surface area contributed by atoms with E-state index in [-0.39, 0.29) is 29.3 Å². The molecule has 0 saturated carbocycles. The molecule has 38 heavy (non-hydrogen) atoms. The maximum absolute atomic E-state index is 13.7. The molecule has 1 atom stereocenters. The number of halogens is 1. The summed E-state index contributed by atoms with van der Waals surface area (Å²) in [6.07, 6.45) is 2.77. The molecule has 12 heteroatoms. The third-order valence-electron chi connectivity index (χ3n) is 6.74. The van der Waals surface area contributed by atoms with E-state index in [1.807, 2.05) is 38.1 Å². The first-order valence-electron chi connectivity index (χ1n) is 12.5. The van der Waals surface area contributed by atoms with E-state index in [2.05, 4.69) is 0 Å². The van der Waals surface area contributed by atoms with Gasteiger partial charge in [0, 0.05) is 43.4 Å². The molecule has 2 aromatic carbocycles. The Hall–Kier alpha value is -2.44. The molecule has 0 spiro atoms. The molecule has 3 heterocycles. The van der Waals surface area contributed by atoms with Crippen molar-refractivity contribution in [3.05, 3.63) is 42.0 Å². The molecular weight excluding hydrogens is 548 g/mol. The lowest BCUT2D eigenvalue weighted by Crippen LogP contribution is -2.41. The number of ether oxygens (including phenoxy) is 2. The van der Waals surface area contributed by atoms with Crippen LogP contribution in [-0.4, -0.2) is 81.5 Å². The number of hydrogen-bond donors (Lipinski definition) is 0. The van der Waals surface area contributed by atoms with Gasteiger partial charge in [-0.2, -0.15) is 4.31 Å². The van der Waals surface area contributed by atoms with Gasteiger partial charge in [-0.05, 0) is 58.1 Å². The Balaban J connectivity index is 0.00000336. The molecular formula is C26H33ClN4O5S2. The van der Waals surface area contributed by atoms with Crippen LogP contribution in [0, 0.1) is 0 Å². The van der Waals surface area contributed by atoms with Crippen molar-refractivity contribution in [2.45, 2.75) is 37.1 Å². The van der Waals surface area contributed by atoms with Crippen LogP contribution in [0.4, 0.5) is 5.13 Å². The number of carbonyl (C=O) groups excluding carboxylic acids is 1. The lowest BCUT2D eigenvalue weighted by molar-refractivity contribution is 0.0985. The summed E-state index contributed by atoms with van der Waals surface area (Å²) in [5.74, 6) is 1.11. The monoisotopic (exact) mass is 580 g/mol. The third-order valence-corrected chi connectivity index (χ3v) is 9.81. The fourth-order valence-corrected chi connectivity index (χ4v) is 7.34. The number of thiazole rings is 1. The highest BCUT2D eigenvalue weighted by Gasteiger charge is 2.31. The molecule has 1 aromatic heterocycles. The van der Waals surface area contributed by atoms with E-state index in [4.69, 9.17) is 14.5 Å². The number of anilines is 1. The number of carbonyl (C=O) groups is 1. The summed E-state index contributed by atoms with van der Waals surface area (Å²) >= 11 is 1.42. The predicted molar refractivity (Wildman–Crippen MR) is 152 cm³/mol. The summed E-state index contributed by atoms with van der Waals surface area (Å²) in [4.78, 5) is 22.3. The number of amides is 1. The van der Waals surface area contributed by atoms with Gasteiger partial charge in [-0.15, -0.1) is 12.4 Å². The van der Waals surface area contributed by atoms with Gasteiger partial charge >= 0.3 is 0 Å². The van der Waals surface area contributed by atoms with Crippen LogP contribution < -0.4 is 14.4 Å². The van der Waals surface area contributed by atoms with Crippen LogP contribution >= 0.6 is 23.7 Å². The van der Waals surface area contributed by atoms with Crippen molar-refractivity contribution in [2.24, 2.45) is 0 Å². The van der Waals surface area contributed by atoms with Crippen LogP contribution in [-0.2, 0) is 10.0 Å². The fraction of sp³-hybridized carbons (Fsp3) is 0.462. The molecule has 0 N–H and O–H groups in total. The van der Waals surface area contributed by atoms with E-state index < -0.39 is 10.0 Å². The molecule has 1 unspecified atom stereocenters. The van der Waals surface area contributed by atoms with Gasteiger partial charge < -0.3 is 14.4 Å². The van der Waals surface area contributed by atoms with Crippen LogP contribution in [0.25, 0.3) is 10.2 Å². The van der Waals surface area contributed by atoms with Gasteiger partial charge in [0.15, 0.2) is 16.6 Å². The highest BCUT2D eigenvalue weighted by atomic mass is 35.5. The molecule has 3 aromatic rings. The van der Waals surface area contributed by atoms with Crippen LogP contribution in [0.1, 0.15) is 36.5 Å². The summed E-state index contributed by atoms with van der Waals surface area (Å²) in [5.41, 5.74) is 1.15. The first kappa shape index (κ1) is 28.6. The van der Waals surface area contributed by atoms with E-state index in [1.54, 1.807) is 21.3 Å². The standard InChI is InChI=1S/C26H32N4O5S2.ClH/c1-18-6-4-5-11-30(18)37(32,33)20-9-7-19(8-10-20)25(31)29(13-12-28(2)3)26-27-21-16-22-23(17-24(21)36-26)35-15-14-34-22;/h7-10,16-18H,4-6,11-15H2,1-3H3;1H. The van der Waals surface area contributed by atoms with Crippen LogP contribution in [0.15, 0.2) is 41.3 Å². The minimum absolute atomic E-state index is 0.